The van der Waals surface area contributed by atoms with Crippen molar-refractivity contribution in [3.8, 4) is 11.3 Å². The number of amides is 1. The normalized spacial score (nSPS) is 16.0. The van der Waals surface area contributed by atoms with Gasteiger partial charge in [-0.3, -0.25) is 4.79 Å². The molecule has 0 aliphatic carbocycles. The van der Waals surface area contributed by atoms with E-state index in [2.05, 4.69) is 4.99 Å². The molecule has 0 unspecified atom stereocenters. The van der Waals surface area contributed by atoms with Gasteiger partial charge in [0.05, 0.1) is 5.56 Å². The molecule has 7 nitrogen and oxygen atoms in total. The molecule has 3 rings (SSSR count). The minimum absolute atomic E-state index is 0.136. The molecule has 0 spiro atoms. The molecule has 2 aromatic rings. The topological polar surface area (TPSA) is 109 Å². The third kappa shape index (κ3) is 2.71. The lowest BCUT2D eigenvalue weighted by Crippen LogP contribution is -2.28. The monoisotopic (exact) mass is 311 g/mol. The Morgan fingerprint density at radius 1 is 1.26 bits per heavy atom. The summed E-state index contributed by atoms with van der Waals surface area (Å²) >= 11 is 0. The Morgan fingerprint density at radius 3 is 2.52 bits per heavy atom. The number of hydrogen-bond acceptors (Lipinski definition) is 5. The van der Waals surface area contributed by atoms with Crippen molar-refractivity contribution in [1.29, 1.82) is 0 Å². The van der Waals surface area contributed by atoms with E-state index >= 15 is 0 Å². The van der Waals surface area contributed by atoms with Crippen molar-refractivity contribution in [3.63, 3.8) is 0 Å². The fourth-order valence-corrected chi connectivity index (χ4v) is 2.16. The lowest BCUT2D eigenvalue weighted by Gasteiger charge is -2.10. The van der Waals surface area contributed by atoms with Crippen LogP contribution in [-0.4, -0.2) is 34.9 Å². The van der Waals surface area contributed by atoms with Gasteiger partial charge in [-0.25, -0.2) is 4.79 Å². The number of benzene rings is 1. The number of carbonyl (C=O) groups is 2. The smallest absolute Gasteiger partial charge is 0.335 e. The van der Waals surface area contributed by atoms with Crippen molar-refractivity contribution in [1.82, 2.24) is 4.90 Å². The van der Waals surface area contributed by atoms with E-state index in [9.17, 15) is 9.59 Å². The zero-order chi connectivity index (χ0) is 16.6. The van der Waals surface area contributed by atoms with Crippen molar-refractivity contribution in [2.45, 2.75) is 0 Å². The summed E-state index contributed by atoms with van der Waals surface area (Å²) in [6.07, 6.45) is 1.56. The summed E-state index contributed by atoms with van der Waals surface area (Å²) in [6, 6.07) is 9.78. The minimum atomic E-state index is -0.984. The van der Waals surface area contributed by atoms with Gasteiger partial charge in [-0.15, -0.1) is 0 Å². The number of nitrogens with zero attached hydrogens (tertiary/aromatic N) is 2. The first-order valence-electron chi connectivity index (χ1n) is 6.73. The van der Waals surface area contributed by atoms with Crippen LogP contribution in [0.15, 0.2) is 51.5 Å². The first kappa shape index (κ1) is 14.6. The number of aromatic carboxylic acids is 1. The van der Waals surface area contributed by atoms with Crippen molar-refractivity contribution in [3.05, 3.63) is 53.4 Å². The fourth-order valence-electron chi connectivity index (χ4n) is 2.16. The van der Waals surface area contributed by atoms with Gasteiger partial charge in [-0.1, -0.05) is 12.1 Å². The van der Waals surface area contributed by atoms with Gasteiger partial charge in [0.15, 0.2) is 0 Å². The summed E-state index contributed by atoms with van der Waals surface area (Å²) in [7, 11) is 1.64. The lowest BCUT2D eigenvalue weighted by molar-refractivity contribution is -0.114. The van der Waals surface area contributed by atoms with Crippen molar-refractivity contribution in [2.75, 3.05) is 7.05 Å². The Kier molecular flexibility index (Phi) is 3.46. The number of furan rings is 1. The molecular weight excluding hydrogens is 298 g/mol. The van der Waals surface area contributed by atoms with E-state index in [0.717, 1.165) is 5.56 Å². The molecule has 0 saturated heterocycles. The number of guanidine groups is 1. The predicted molar refractivity (Wildman–Crippen MR) is 83.5 cm³/mol. The highest BCUT2D eigenvalue weighted by molar-refractivity contribution is 6.11. The van der Waals surface area contributed by atoms with Crippen LogP contribution in [0, 0.1) is 0 Å². The summed E-state index contributed by atoms with van der Waals surface area (Å²) in [5.41, 5.74) is 6.85. The van der Waals surface area contributed by atoms with Gasteiger partial charge in [0, 0.05) is 18.7 Å². The molecule has 3 N–H and O–H groups in total. The Morgan fingerprint density at radius 2 is 1.96 bits per heavy atom. The number of hydrogen-bond donors (Lipinski definition) is 2. The summed E-state index contributed by atoms with van der Waals surface area (Å²) < 4.78 is 5.67. The van der Waals surface area contributed by atoms with Crippen LogP contribution in [0.4, 0.5) is 0 Å². The van der Waals surface area contributed by atoms with Crippen molar-refractivity contribution < 1.29 is 19.1 Å². The van der Waals surface area contributed by atoms with Crippen molar-refractivity contribution in [2.24, 2.45) is 10.7 Å². The van der Waals surface area contributed by atoms with Gasteiger partial charge in [-0.05, 0) is 24.3 Å². The number of carboxylic acid groups (broad SMARTS) is 1. The van der Waals surface area contributed by atoms with Crippen LogP contribution in [0.2, 0.25) is 0 Å². The van der Waals surface area contributed by atoms with Gasteiger partial charge < -0.3 is 20.2 Å². The van der Waals surface area contributed by atoms with Crippen LogP contribution in [0.3, 0.4) is 0 Å². The van der Waals surface area contributed by atoms with E-state index in [-0.39, 0.29) is 11.5 Å². The quantitative estimate of drug-likeness (QED) is 0.836. The molecule has 23 heavy (non-hydrogen) atoms. The first-order valence-corrected chi connectivity index (χ1v) is 6.73. The van der Waals surface area contributed by atoms with E-state index in [1.807, 2.05) is 0 Å². The average molecular weight is 311 g/mol. The summed E-state index contributed by atoms with van der Waals surface area (Å²) in [6.45, 7) is 0. The van der Waals surface area contributed by atoms with Gasteiger partial charge in [-0.2, -0.15) is 4.99 Å². The Hall–Kier alpha value is -3.35. The maximum atomic E-state index is 11.7. The molecule has 1 amide bonds. The molecule has 116 valence electrons. The van der Waals surface area contributed by atoms with E-state index in [1.165, 1.54) is 17.0 Å². The second kappa shape index (κ2) is 5.45. The van der Waals surface area contributed by atoms with E-state index in [1.54, 1.807) is 37.4 Å². The number of rotatable bonds is 3. The van der Waals surface area contributed by atoms with E-state index in [0.29, 0.717) is 17.2 Å². The molecule has 0 radical (unpaired) electrons. The van der Waals surface area contributed by atoms with Crippen LogP contribution in [0.5, 0.6) is 0 Å². The third-order valence-corrected chi connectivity index (χ3v) is 3.46. The Bertz CT molecular complexity index is 846. The SMILES string of the molecule is CN1C(N)=NC(=O)/C1=C/c1ccc(-c2ccc(C(=O)O)cc2)o1. The summed E-state index contributed by atoms with van der Waals surface area (Å²) in [4.78, 5) is 27.7. The van der Waals surface area contributed by atoms with E-state index in [4.69, 9.17) is 15.3 Å². The van der Waals surface area contributed by atoms with E-state index < -0.39 is 11.9 Å². The fraction of sp³-hybridized carbons (Fsp3) is 0.0625. The maximum absolute atomic E-state index is 11.7. The summed E-state index contributed by atoms with van der Waals surface area (Å²) in [5, 5.41) is 8.89. The molecule has 0 atom stereocenters. The third-order valence-electron chi connectivity index (χ3n) is 3.46. The van der Waals surface area contributed by atoms with Gasteiger partial charge >= 0.3 is 5.97 Å². The maximum Gasteiger partial charge on any atom is 0.335 e. The Labute approximate surface area is 131 Å². The molecule has 1 aliphatic heterocycles. The molecule has 2 heterocycles. The average Bonchev–Trinajstić information content (AvgIpc) is 3.08. The predicted octanol–water partition coefficient (Wildman–Crippen LogP) is 1.77. The second-order valence-corrected chi connectivity index (χ2v) is 4.95. The number of carbonyl (C=O) groups excluding carboxylic acids is 1. The number of aliphatic imine (C=N–C) groups is 1. The molecule has 1 aliphatic rings. The zero-order valence-corrected chi connectivity index (χ0v) is 12.2. The number of carboxylic acids is 1. The highest BCUT2D eigenvalue weighted by Crippen LogP contribution is 2.25. The number of likely N-dealkylation sites (N-methyl/N-ethyl adjacent to an activating group) is 1. The van der Waals surface area contributed by atoms with Crippen LogP contribution < -0.4 is 5.73 Å². The second-order valence-electron chi connectivity index (χ2n) is 4.95. The van der Waals surface area contributed by atoms with Crippen molar-refractivity contribution >= 4 is 23.9 Å². The van der Waals surface area contributed by atoms with Gasteiger partial charge in [0.25, 0.3) is 5.91 Å². The van der Waals surface area contributed by atoms with Crippen LogP contribution in [-0.2, 0) is 4.79 Å². The zero-order valence-electron chi connectivity index (χ0n) is 12.2. The largest absolute Gasteiger partial charge is 0.478 e. The molecule has 0 bridgehead atoms. The minimum Gasteiger partial charge on any atom is -0.478 e. The molecule has 1 aromatic heterocycles. The Balaban J connectivity index is 1.86. The molecular formula is C16H13N3O4. The highest BCUT2D eigenvalue weighted by atomic mass is 16.4. The van der Waals surface area contributed by atoms with Crippen LogP contribution >= 0.6 is 0 Å². The first-order chi connectivity index (χ1) is 11.0. The van der Waals surface area contributed by atoms with Crippen LogP contribution in [0.1, 0.15) is 16.1 Å². The highest BCUT2D eigenvalue weighted by Gasteiger charge is 2.24. The molecule has 0 saturated carbocycles. The lowest BCUT2D eigenvalue weighted by atomic mass is 10.1. The molecule has 1 aromatic carbocycles. The molecule has 7 heteroatoms. The standard InChI is InChI=1S/C16H13N3O4/c1-19-12(14(20)18-16(19)17)8-11-6-7-13(23-11)9-2-4-10(5-3-9)15(21)22/h2-8H,1H3,(H,21,22)(H2,17,18,20)/b12-8-. The summed E-state index contributed by atoms with van der Waals surface area (Å²) in [5.74, 6) is -0.231. The van der Waals surface area contributed by atoms with Crippen LogP contribution in [0.25, 0.3) is 17.4 Å². The van der Waals surface area contributed by atoms with Gasteiger partial charge in [0.1, 0.15) is 17.2 Å². The van der Waals surface area contributed by atoms with Gasteiger partial charge in [0.2, 0.25) is 5.96 Å². The number of nitrogens with two attached hydrogens (primary N) is 1. The molecule has 0 fully saturated rings.